The van der Waals surface area contributed by atoms with E-state index in [-0.39, 0.29) is 5.69 Å². The Bertz CT molecular complexity index is 397. The number of carboxylic acids is 1. The number of carbonyl (C=O) groups is 1. The van der Waals surface area contributed by atoms with Crippen LogP contribution in [0.5, 0.6) is 0 Å². The molecule has 0 amide bonds. The summed E-state index contributed by atoms with van der Waals surface area (Å²) in [6.45, 7) is 0.837. The summed E-state index contributed by atoms with van der Waals surface area (Å²) < 4.78 is 26.5. The van der Waals surface area contributed by atoms with E-state index in [9.17, 15) is 13.6 Å². The van der Waals surface area contributed by atoms with Crippen LogP contribution in [0.1, 0.15) is 16.8 Å². The van der Waals surface area contributed by atoms with Gasteiger partial charge in [0.25, 0.3) is 0 Å². The highest BCUT2D eigenvalue weighted by Crippen LogP contribution is 2.20. The van der Waals surface area contributed by atoms with Crippen LogP contribution >= 0.6 is 0 Å². The van der Waals surface area contributed by atoms with Gasteiger partial charge >= 0.3 is 5.97 Å². The molecule has 1 rings (SSSR count). The summed E-state index contributed by atoms with van der Waals surface area (Å²) in [5, 5.41) is 11.2. The minimum atomic E-state index is -1.50. The van der Waals surface area contributed by atoms with E-state index in [1.54, 1.807) is 0 Å². The molecular weight excluding hydrogens is 218 g/mol. The first kappa shape index (κ1) is 12.4. The van der Waals surface area contributed by atoms with Crippen LogP contribution in [0.25, 0.3) is 0 Å². The zero-order valence-electron chi connectivity index (χ0n) is 8.46. The van der Waals surface area contributed by atoms with Gasteiger partial charge in [-0.05, 0) is 25.1 Å². The van der Waals surface area contributed by atoms with Gasteiger partial charge in [0.05, 0.1) is 11.3 Å². The molecule has 1 aromatic carbocycles. The standard InChI is InChI=1S/C10H12F2N2O2/c11-8-6(10(15)16)2-3-7(9(8)12)14-5-1-4-13/h2-3,14H,1,4-5,13H2,(H,15,16). The number of nitrogens with two attached hydrogens (primary N) is 1. The first-order valence-electron chi connectivity index (χ1n) is 4.73. The minimum Gasteiger partial charge on any atom is -0.478 e. The Morgan fingerprint density at radius 3 is 2.62 bits per heavy atom. The first-order valence-corrected chi connectivity index (χ1v) is 4.73. The summed E-state index contributed by atoms with van der Waals surface area (Å²) in [5.74, 6) is -4.04. The van der Waals surface area contributed by atoms with Gasteiger partial charge in [-0.15, -0.1) is 0 Å². The third-order valence-electron chi connectivity index (χ3n) is 2.01. The molecule has 0 aromatic heterocycles. The van der Waals surface area contributed by atoms with E-state index < -0.39 is 23.2 Å². The fraction of sp³-hybridized carbons (Fsp3) is 0.300. The average molecular weight is 230 g/mol. The summed E-state index contributed by atoms with van der Waals surface area (Å²) in [5.41, 5.74) is 4.50. The van der Waals surface area contributed by atoms with Gasteiger partial charge in [-0.1, -0.05) is 0 Å². The highest BCUT2D eigenvalue weighted by molar-refractivity contribution is 5.88. The van der Waals surface area contributed by atoms with Crippen molar-refractivity contribution in [2.75, 3.05) is 18.4 Å². The highest BCUT2D eigenvalue weighted by atomic mass is 19.2. The van der Waals surface area contributed by atoms with Crippen LogP contribution in [0.15, 0.2) is 12.1 Å². The van der Waals surface area contributed by atoms with Gasteiger partial charge in [0.1, 0.15) is 0 Å². The SMILES string of the molecule is NCCCNc1ccc(C(=O)O)c(F)c1F. The Morgan fingerprint density at radius 2 is 2.06 bits per heavy atom. The van der Waals surface area contributed by atoms with Crippen LogP contribution in [0.4, 0.5) is 14.5 Å². The van der Waals surface area contributed by atoms with Gasteiger partial charge in [0, 0.05) is 6.54 Å². The van der Waals surface area contributed by atoms with E-state index in [2.05, 4.69) is 5.32 Å². The smallest absolute Gasteiger partial charge is 0.338 e. The van der Waals surface area contributed by atoms with E-state index in [0.717, 1.165) is 6.07 Å². The van der Waals surface area contributed by atoms with Crippen LogP contribution in [0, 0.1) is 11.6 Å². The molecule has 88 valence electrons. The van der Waals surface area contributed by atoms with Crippen LogP contribution in [-0.4, -0.2) is 24.2 Å². The van der Waals surface area contributed by atoms with E-state index >= 15 is 0 Å². The third-order valence-corrected chi connectivity index (χ3v) is 2.01. The number of anilines is 1. The Kier molecular flexibility index (Phi) is 4.19. The van der Waals surface area contributed by atoms with E-state index in [4.69, 9.17) is 10.8 Å². The van der Waals surface area contributed by atoms with Crippen molar-refractivity contribution < 1.29 is 18.7 Å². The molecule has 0 radical (unpaired) electrons. The van der Waals surface area contributed by atoms with E-state index in [0.29, 0.717) is 19.5 Å². The second-order valence-electron chi connectivity index (χ2n) is 3.16. The lowest BCUT2D eigenvalue weighted by molar-refractivity contribution is 0.0690. The Hall–Kier alpha value is -1.69. The summed E-state index contributed by atoms with van der Waals surface area (Å²) in [7, 11) is 0. The summed E-state index contributed by atoms with van der Waals surface area (Å²) in [4.78, 5) is 10.5. The number of aromatic carboxylic acids is 1. The van der Waals surface area contributed by atoms with Gasteiger partial charge in [-0.25, -0.2) is 13.6 Å². The maximum Gasteiger partial charge on any atom is 0.338 e. The first-order chi connectivity index (χ1) is 7.57. The fourth-order valence-electron chi connectivity index (χ4n) is 1.18. The Labute approximate surface area is 91.1 Å². The summed E-state index contributed by atoms with van der Waals surface area (Å²) >= 11 is 0. The lowest BCUT2D eigenvalue weighted by Gasteiger charge is -2.08. The Balaban J connectivity index is 2.89. The van der Waals surface area contributed by atoms with Crippen molar-refractivity contribution in [1.82, 2.24) is 0 Å². The number of rotatable bonds is 5. The maximum absolute atomic E-state index is 13.3. The highest BCUT2D eigenvalue weighted by Gasteiger charge is 2.17. The number of benzene rings is 1. The molecule has 4 nitrogen and oxygen atoms in total. The van der Waals surface area contributed by atoms with Crippen molar-refractivity contribution in [1.29, 1.82) is 0 Å². The molecular formula is C10H12F2N2O2. The number of nitrogens with one attached hydrogen (secondary N) is 1. The van der Waals surface area contributed by atoms with Crippen LogP contribution in [0.3, 0.4) is 0 Å². The predicted octanol–water partition coefficient (Wildman–Crippen LogP) is 1.42. The second-order valence-corrected chi connectivity index (χ2v) is 3.16. The summed E-state index contributed by atoms with van der Waals surface area (Å²) in [6, 6.07) is 2.21. The number of hydrogen-bond acceptors (Lipinski definition) is 3. The fourth-order valence-corrected chi connectivity index (χ4v) is 1.18. The third kappa shape index (κ3) is 2.66. The molecule has 1 aromatic rings. The molecule has 0 saturated heterocycles. The van der Waals surface area contributed by atoms with Gasteiger partial charge < -0.3 is 16.2 Å². The normalized spacial score (nSPS) is 10.2. The molecule has 0 saturated carbocycles. The molecule has 16 heavy (non-hydrogen) atoms. The van der Waals surface area contributed by atoms with Crippen molar-refractivity contribution in [3.05, 3.63) is 29.3 Å². The molecule has 0 heterocycles. The Morgan fingerprint density at radius 1 is 1.38 bits per heavy atom. The van der Waals surface area contributed by atoms with Crippen molar-refractivity contribution in [2.45, 2.75) is 6.42 Å². The lowest BCUT2D eigenvalue weighted by atomic mass is 10.2. The molecule has 6 heteroatoms. The van der Waals surface area contributed by atoms with Gasteiger partial charge in [-0.3, -0.25) is 0 Å². The molecule has 0 aliphatic carbocycles. The molecule has 0 spiro atoms. The van der Waals surface area contributed by atoms with Gasteiger partial charge in [0.2, 0.25) is 0 Å². The zero-order chi connectivity index (χ0) is 12.1. The average Bonchev–Trinajstić information content (AvgIpc) is 2.24. The molecule has 0 bridgehead atoms. The molecule has 0 fully saturated rings. The van der Waals surface area contributed by atoms with Crippen LogP contribution in [-0.2, 0) is 0 Å². The molecule has 0 aliphatic rings. The van der Waals surface area contributed by atoms with Gasteiger partial charge in [0.15, 0.2) is 11.6 Å². The topological polar surface area (TPSA) is 75.3 Å². The minimum absolute atomic E-state index is 0.0593. The van der Waals surface area contributed by atoms with Gasteiger partial charge in [-0.2, -0.15) is 0 Å². The monoisotopic (exact) mass is 230 g/mol. The van der Waals surface area contributed by atoms with E-state index in [1.807, 2.05) is 0 Å². The molecule has 4 N–H and O–H groups in total. The van der Waals surface area contributed by atoms with Crippen molar-refractivity contribution in [3.63, 3.8) is 0 Å². The largest absolute Gasteiger partial charge is 0.478 e. The lowest BCUT2D eigenvalue weighted by Crippen LogP contribution is -2.11. The summed E-state index contributed by atoms with van der Waals surface area (Å²) in [6.07, 6.45) is 0.613. The number of carboxylic acid groups (broad SMARTS) is 1. The quantitative estimate of drug-likeness (QED) is 0.669. The molecule has 0 aliphatic heterocycles. The number of halogens is 2. The van der Waals surface area contributed by atoms with Crippen molar-refractivity contribution in [2.24, 2.45) is 5.73 Å². The molecule has 0 atom stereocenters. The molecule has 0 unspecified atom stereocenters. The number of hydrogen-bond donors (Lipinski definition) is 3. The van der Waals surface area contributed by atoms with Crippen molar-refractivity contribution in [3.8, 4) is 0 Å². The maximum atomic E-state index is 13.3. The zero-order valence-corrected chi connectivity index (χ0v) is 8.46. The second kappa shape index (κ2) is 5.41. The van der Waals surface area contributed by atoms with Crippen LogP contribution < -0.4 is 11.1 Å². The van der Waals surface area contributed by atoms with E-state index in [1.165, 1.54) is 6.07 Å². The van der Waals surface area contributed by atoms with Crippen LogP contribution in [0.2, 0.25) is 0 Å². The van der Waals surface area contributed by atoms with Crippen molar-refractivity contribution >= 4 is 11.7 Å². The predicted molar refractivity (Wildman–Crippen MR) is 55.5 cm³/mol.